The van der Waals surface area contributed by atoms with Crippen LogP contribution in [0, 0.1) is 5.41 Å². The Morgan fingerprint density at radius 1 is 1.33 bits per heavy atom. The first kappa shape index (κ1) is 6.27. The van der Waals surface area contributed by atoms with Gasteiger partial charge in [-0.3, -0.25) is 0 Å². The average molecular weight is 121 g/mol. The van der Waals surface area contributed by atoms with Gasteiger partial charge in [0.25, 0.3) is 0 Å². The van der Waals surface area contributed by atoms with E-state index in [1.54, 1.807) is 0 Å². The minimum Gasteiger partial charge on any atom is -0.305 e. The lowest BCUT2D eigenvalue weighted by Gasteiger charge is -2.08. The maximum atomic E-state index is 7.42. The summed E-state index contributed by atoms with van der Waals surface area (Å²) in [4.78, 5) is 0. The van der Waals surface area contributed by atoms with E-state index in [-0.39, 0.29) is 0 Å². The van der Waals surface area contributed by atoms with Crippen molar-refractivity contribution >= 4 is 5.71 Å². The van der Waals surface area contributed by atoms with Crippen molar-refractivity contribution in [3.8, 4) is 0 Å². The van der Waals surface area contributed by atoms with Crippen LogP contribution in [0.3, 0.4) is 0 Å². The van der Waals surface area contributed by atoms with Crippen molar-refractivity contribution < 1.29 is 0 Å². The van der Waals surface area contributed by atoms with E-state index in [1.165, 1.54) is 5.57 Å². The number of nitrogens with one attached hydrogen (secondary N) is 1. The van der Waals surface area contributed by atoms with Crippen LogP contribution < -0.4 is 0 Å². The minimum absolute atomic E-state index is 0.759. The highest BCUT2D eigenvalue weighted by Gasteiger charge is 2.03. The quantitative estimate of drug-likeness (QED) is 0.508. The van der Waals surface area contributed by atoms with E-state index >= 15 is 0 Å². The topological polar surface area (TPSA) is 23.9 Å². The zero-order chi connectivity index (χ0) is 6.85. The van der Waals surface area contributed by atoms with Gasteiger partial charge >= 0.3 is 0 Å². The van der Waals surface area contributed by atoms with Gasteiger partial charge in [-0.15, -0.1) is 0 Å². The Labute approximate surface area is 55.6 Å². The van der Waals surface area contributed by atoms with Gasteiger partial charge in [-0.1, -0.05) is 17.7 Å². The molecule has 0 atom stereocenters. The van der Waals surface area contributed by atoms with E-state index in [0.29, 0.717) is 0 Å². The van der Waals surface area contributed by atoms with Crippen molar-refractivity contribution in [1.82, 2.24) is 0 Å². The molecule has 0 amide bonds. The number of hydrogen-bond donors (Lipinski definition) is 1. The molecule has 1 heteroatoms. The van der Waals surface area contributed by atoms with Crippen LogP contribution in [0.25, 0.3) is 0 Å². The molecule has 0 bridgehead atoms. The monoisotopic (exact) mass is 121 g/mol. The van der Waals surface area contributed by atoms with Crippen LogP contribution in [-0.2, 0) is 0 Å². The van der Waals surface area contributed by atoms with Crippen molar-refractivity contribution in [2.75, 3.05) is 0 Å². The van der Waals surface area contributed by atoms with Gasteiger partial charge in [0, 0.05) is 12.1 Å². The van der Waals surface area contributed by atoms with E-state index in [4.69, 9.17) is 5.41 Å². The highest BCUT2D eigenvalue weighted by atomic mass is 14.4. The molecule has 1 rings (SSSR count). The summed E-state index contributed by atoms with van der Waals surface area (Å²) >= 11 is 0. The zero-order valence-electron chi connectivity index (χ0n) is 5.86. The molecular weight excluding hydrogens is 110 g/mol. The van der Waals surface area contributed by atoms with E-state index in [1.807, 2.05) is 13.0 Å². The predicted molar refractivity (Wildman–Crippen MR) is 39.9 cm³/mol. The summed E-state index contributed by atoms with van der Waals surface area (Å²) in [7, 11) is 0. The van der Waals surface area contributed by atoms with Crippen molar-refractivity contribution in [2.24, 2.45) is 0 Å². The lowest BCUT2D eigenvalue weighted by atomic mass is 9.99. The molecule has 1 aliphatic rings. The third kappa shape index (κ3) is 1.28. The SMILES string of the molecule is CC1=CC=C(C)C(=N)C1. The highest BCUT2D eigenvalue weighted by molar-refractivity contribution is 5.99. The summed E-state index contributed by atoms with van der Waals surface area (Å²) in [5, 5.41) is 7.42. The maximum absolute atomic E-state index is 7.42. The smallest absolute Gasteiger partial charge is 0.0383 e. The first-order chi connectivity index (χ1) is 4.20. The molecule has 0 aromatic rings. The molecule has 0 aliphatic heterocycles. The predicted octanol–water partition coefficient (Wildman–Crippen LogP) is 2.30. The van der Waals surface area contributed by atoms with Gasteiger partial charge in [-0.05, 0) is 19.4 Å². The molecule has 9 heavy (non-hydrogen) atoms. The molecule has 0 saturated heterocycles. The molecule has 1 aliphatic carbocycles. The van der Waals surface area contributed by atoms with Gasteiger partial charge < -0.3 is 5.41 Å². The molecule has 0 aromatic heterocycles. The second-order valence-corrected chi connectivity index (χ2v) is 2.52. The first-order valence-corrected chi connectivity index (χ1v) is 3.12. The van der Waals surface area contributed by atoms with E-state index in [2.05, 4.69) is 13.0 Å². The van der Waals surface area contributed by atoms with Crippen molar-refractivity contribution in [3.63, 3.8) is 0 Å². The molecule has 48 valence electrons. The van der Waals surface area contributed by atoms with Crippen LogP contribution in [0.1, 0.15) is 20.3 Å². The average Bonchev–Trinajstić information content (AvgIpc) is 1.80. The fourth-order valence-corrected chi connectivity index (χ4v) is 0.845. The summed E-state index contributed by atoms with van der Waals surface area (Å²) in [6.45, 7) is 4.03. The standard InChI is InChI=1S/C8H11N/c1-6-3-4-7(2)8(9)5-6/h3-4,9H,5H2,1-2H3. The lowest BCUT2D eigenvalue weighted by molar-refractivity contribution is 1.19. The summed E-state index contributed by atoms with van der Waals surface area (Å²) in [6.07, 6.45) is 4.91. The Morgan fingerprint density at radius 3 is 2.44 bits per heavy atom. The third-order valence-electron chi connectivity index (χ3n) is 1.55. The normalized spacial score (nSPS) is 19.1. The molecule has 1 nitrogen and oxygen atoms in total. The van der Waals surface area contributed by atoms with Crippen LogP contribution >= 0.6 is 0 Å². The third-order valence-corrected chi connectivity index (χ3v) is 1.55. The molecule has 0 unspecified atom stereocenters. The Balaban J connectivity index is 2.86. The number of rotatable bonds is 0. The maximum Gasteiger partial charge on any atom is 0.0383 e. The lowest BCUT2D eigenvalue weighted by Crippen LogP contribution is -2.02. The van der Waals surface area contributed by atoms with Gasteiger partial charge in [0.05, 0.1) is 0 Å². The molecule has 1 N–H and O–H groups in total. The second-order valence-electron chi connectivity index (χ2n) is 2.52. The molecule has 0 heterocycles. The van der Waals surface area contributed by atoms with Crippen LogP contribution in [0.15, 0.2) is 23.3 Å². The van der Waals surface area contributed by atoms with Gasteiger partial charge in [0.2, 0.25) is 0 Å². The van der Waals surface area contributed by atoms with Gasteiger partial charge in [-0.25, -0.2) is 0 Å². The molecular formula is C8H11N. The number of allylic oxidation sites excluding steroid dienone is 4. The summed E-state index contributed by atoms with van der Waals surface area (Å²) in [5.41, 5.74) is 3.14. The molecule has 0 saturated carbocycles. The fourth-order valence-electron chi connectivity index (χ4n) is 0.845. The van der Waals surface area contributed by atoms with Gasteiger partial charge in [-0.2, -0.15) is 0 Å². The first-order valence-electron chi connectivity index (χ1n) is 3.12. The van der Waals surface area contributed by atoms with Crippen molar-refractivity contribution in [2.45, 2.75) is 20.3 Å². The van der Waals surface area contributed by atoms with E-state index < -0.39 is 0 Å². The Bertz CT molecular complexity index is 197. The Kier molecular flexibility index (Phi) is 1.52. The van der Waals surface area contributed by atoms with Crippen LogP contribution in [-0.4, -0.2) is 5.71 Å². The molecule has 0 spiro atoms. The van der Waals surface area contributed by atoms with Gasteiger partial charge in [0.1, 0.15) is 0 Å². The highest BCUT2D eigenvalue weighted by Crippen LogP contribution is 2.13. The molecule has 0 aromatic carbocycles. The number of hydrogen-bond acceptors (Lipinski definition) is 1. The van der Waals surface area contributed by atoms with Crippen molar-refractivity contribution in [1.29, 1.82) is 5.41 Å². The Hall–Kier alpha value is -0.850. The largest absolute Gasteiger partial charge is 0.305 e. The van der Waals surface area contributed by atoms with Crippen LogP contribution in [0.5, 0.6) is 0 Å². The van der Waals surface area contributed by atoms with E-state index in [9.17, 15) is 0 Å². The van der Waals surface area contributed by atoms with Crippen LogP contribution in [0.4, 0.5) is 0 Å². The summed E-state index contributed by atoms with van der Waals surface area (Å²) < 4.78 is 0. The molecule has 0 radical (unpaired) electrons. The van der Waals surface area contributed by atoms with E-state index in [0.717, 1.165) is 17.7 Å². The second kappa shape index (κ2) is 2.18. The Morgan fingerprint density at radius 2 is 2.00 bits per heavy atom. The minimum atomic E-state index is 0.759. The fraction of sp³-hybridized carbons (Fsp3) is 0.375. The van der Waals surface area contributed by atoms with Crippen molar-refractivity contribution in [3.05, 3.63) is 23.3 Å². The summed E-state index contributed by atoms with van der Waals surface area (Å²) in [5.74, 6) is 0. The zero-order valence-corrected chi connectivity index (χ0v) is 5.86. The van der Waals surface area contributed by atoms with Crippen LogP contribution in [0.2, 0.25) is 0 Å². The molecule has 0 fully saturated rings. The summed E-state index contributed by atoms with van der Waals surface area (Å²) in [6, 6.07) is 0. The van der Waals surface area contributed by atoms with Gasteiger partial charge in [0.15, 0.2) is 0 Å².